The van der Waals surface area contributed by atoms with Crippen LogP contribution in [-0.4, -0.2) is 37.7 Å². The number of carbonyl (C=O) groups is 1. The summed E-state index contributed by atoms with van der Waals surface area (Å²) in [5.74, 6) is 1.02. The molecule has 0 spiro atoms. The van der Waals surface area contributed by atoms with Crippen molar-refractivity contribution in [2.24, 2.45) is 10.7 Å². The topological polar surface area (TPSA) is 108 Å². The lowest BCUT2D eigenvalue weighted by Gasteiger charge is -2.11. The van der Waals surface area contributed by atoms with Gasteiger partial charge in [-0.2, -0.15) is 0 Å². The summed E-state index contributed by atoms with van der Waals surface area (Å²) in [6.07, 6.45) is 0. The summed E-state index contributed by atoms with van der Waals surface area (Å²) in [4.78, 5) is 20.0. The molecule has 26 heavy (non-hydrogen) atoms. The van der Waals surface area contributed by atoms with Crippen LogP contribution in [0.15, 0.2) is 28.6 Å². The molecule has 3 N–H and O–H groups in total. The van der Waals surface area contributed by atoms with E-state index in [1.54, 1.807) is 26.5 Å². The van der Waals surface area contributed by atoms with Crippen LogP contribution < -0.4 is 37.5 Å². The van der Waals surface area contributed by atoms with Crippen LogP contribution in [0.4, 0.5) is 5.13 Å². The Morgan fingerprint density at radius 1 is 1.31 bits per heavy atom. The summed E-state index contributed by atoms with van der Waals surface area (Å²) in [7, 11) is 3.16. The predicted molar refractivity (Wildman–Crippen MR) is 96.6 cm³/mol. The number of ether oxygens (including phenoxy) is 3. The van der Waals surface area contributed by atoms with Crippen molar-refractivity contribution < 1.29 is 36.0 Å². The maximum atomic E-state index is 11.6. The van der Waals surface area contributed by atoms with Crippen molar-refractivity contribution in [2.75, 3.05) is 26.1 Å². The number of aromatic nitrogens is 1. The lowest BCUT2D eigenvalue weighted by atomic mass is 10.2. The molecule has 0 amide bonds. The molecule has 8 nitrogen and oxygen atoms in total. The molecule has 1 aromatic heterocycles. The molecular formula is C16H20BrN4O4S-. The van der Waals surface area contributed by atoms with E-state index in [2.05, 4.69) is 15.3 Å². The first kappa shape index (κ1) is 21.7. The van der Waals surface area contributed by atoms with Gasteiger partial charge in [-0.15, -0.1) is 11.3 Å². The molecule has 0 saturated carbocycles. The largest absolute Gasteiger partial charge is 1.00 e. The molecule has 1 aromatic carbocycles. The van der Waals surface area contributed by atoms with Gasteiger partial charge in [0.05, 0.1) is 32.9 Å². The number of aliphatic imine (C=N–C) groups is 1. The zero-order valence-corrected chi connectivity index (χ0v) is 17.0. The summed E-state index contributed by atoms with van der Waals surface area (Å²) in [5.41, 5.74) is 6.90. The molecule has 0 bridgehead atoms. The Labute approximate surface area is 166 Å². The Bertz CT molecular complexity index is 744. The molecule has 0 unspecified atom stereocenters. The molecule has 0 aliphatic carbocycles. The van der Waals surface area contributed by atoms with Crippen molar-refractivity contribution in [3.05, 3.63) is 34.8 Å². The Hall–Kier alpha value is -2.33. The third kappa shape index (κ3) is 5.60. The van der Waals surface area contributed by atoms with Gasteiger partial charge in [-0.05, 0) is 19.1 Å². The number of halogens is 1. The Morgan fingerprint density at radius 3 is 2.54 bits per heavy atom. The Balaban J connectivity index is 0.00000338. The molecule has 2 rings (SSSR count). The van der Waals surface area contributed by atoms with Crippen LogP contribution in [0.5, 0.6) is 11.5 Å². The second kappa shape index (κ2) is 10.6. The van der Waals surface area contributed by atoms with Crippen molar-refractivity contribution in [2.45, 2.75) is 13.5 Å². The number of carbonyl (C=O) groups excluding carboxylic acids is 1. The third-order valence-corrected chi connectivity index (χ3v) is 3.92. The van der Waals surface area contributed by atoms with E-state index in [0.717, 1.165) is 5.56 Å². The van der Waals surface area contributed by atoms with E-state index in [4.69, 9.17) is 19.9 Å². The van der Waals surface area contributed by atoms with E-state index < -0.39 is 5.97 Å². The van der Waals surface area contributed by atoms with E-state index in [1.165, 1.54) is 11.3 Å². The first-order valence-electron chi connectivity index (χ1n) is 7.48. The maximum Gasteiger partial charge on any atom is 0.357 e. The summed E-state index contributed by atoms with van der Waals surface area (Å²) >= 11 is 1.24. The number of nitrogens with two attached hydrogens (primary N) is 1. The van der Waals surface area contributed by atoms with Crippen molar-refractivity contribution in [3.63, 3.8) is 0 Å². The second-order valence-electron chi connectivity index (χ2n) is 4.73. The fraction of sp³-hybridized carbons (Fsp3) is 0.312. The molecule has 0 atom stereocenters. The van der Waals surface area contributed by atoms with Crippen molar-refractivity contribution >= 4 is 28.4 Å². The highest BCUT2D eigenvalue weighted by Gasteiger charge is 2.12. The van der Waals surface area contributed by atoms with Crippen molar-refractivity contribution in [1.29, 1.82) is 0 Å². The molecule has 0 fully saturated rings. The van der Waals surface area contributed by atoms with Gasteiger partial charge in [-0.25, -0.2) is 14.8 Å². The number of thiazole rings is 1. The number of guanidine groups is 1. The minimum atomic E-state index is -0.471. The van der Waals surface area contributed by atoms with Crippen LogP contribution in [0.3, 0.4) is 0 Å². The number of hydrogen-bond acceptors (Lipinski definition) is 7. The zero-order valence-electron chi connectivity index (χ0n) is 14.6. The molecule has 1 heterocycles. The monoisotopic (exact) mass is 443 g/mol. The van der Waals surface area contributed by atoms with E-state index >= 15 is 0 Å². The minimum absolute atomic E-state index is 0. The molecule has 0 aliphatic rings. The SMILES string of the molecule is CCOC(=O)c1csc(NC(N)=NCc2c(OC)cccc2OC)n1.[Br-]. The smallest absolute Gasteiger partial charge is 0.357 e. The normalized spacial score (nSPS) is 10.7. The molecule has 0 saturated heterocycles. The Morgan fingerprint density at radius 2 is 1.96 bits per heavy atom. The van der Waals surface area contributed by atoms with Crippen LogP contribution in [0.25, 0.3) is 0 Å². The average molecular weight is 444 g/mol. The van der Waals surface area contributed by atoms with Crippen LogP contribution in [0.2, 0.25) is 0 Å². The van der Waals surface area contributed by atoms with Gasteiger partial charge in [0.25, 0.3) is 0 Å². The zero-order chi connectivity index (χ0) is 18.2. The highest BCUT2D eigenvalue weighted by atomic mass is 79.9. The van der Waals surface area contributed by atoms with Gasteiger partial charge in [-0.3, -0.25) is 0 Å². The molecular weight excluding hydrogens is 424 g/mol. The Kier molecular flexibility index (Phi) is 8.86. The number of nitrogens with zero attached hydrogens (tertiary/aromatic N) is 2. The van der Waals surface area contributed by atoms with Crippen molar-refractivity contribution in [1.82, 2.24) is 4.98 Å². The number of rotatable bonds is 7. The number of benzene rings is 1. The summed E-state index contributed by atoms with van der Waals surface area (Å²) in [5, 5.41) is 4.90. The summed E-state index contributed by atoms with van der Waals surface area (Å²) in [6, 6.07) is 5.48. The summed E-state index contributed by atoms with van der Waals surface area (Å²) < 4.78 is 15.5. The fourth-order valence-electron chi connectivity index (χ4n) is 2.03. The summed E-state index contributed by atoms with van der Waals surface area (Å²) in [6.45, 7) is 2.30. The third-order valence-electron chi connectivity index (χ3n) is 3.16. The highest BCUT2D eigenvalue weighted by Crippen LogP contribution is 2.28. The maximum absolute atomic E-state index is 11.6. The molecule has 10 heteroatoms. The second-order valence-corrected chi connectivity index (χ2v) is 5.58. The number of methoxy groups -OCH3 is 2. The number of hydrogen-bond donors (Lipinski definition) is 2. The number of anilines is 1. The standard InChI is InChI=1S/C16H20N4O4S.BrH/c1-4-24-14(21)11-9-25-16(19-11)20-15(17)18-8-10-12(22-2)6-5-7-13(10)23-3;/h5-7,9H,4,8H2,1-3H3,(H3,17,18,19,20);1H/p-1. The lowest BCUT2D eigenvalue weighted by molar-refractivity contribution is -0.0000237. The van der Waals surface area contributed by atoms with Gasteiger partial charge in [0.2, 0.25) is 0 Å². The quantitative estimate of drug-likeness (QED) is 0.329. The van der Waals surface area contributed by atoms with Gasteiger partial charge < -0.3 is 42.2 Å². The van der Waals surface area contributed by atoms with Gasteiger partial charge in [0, 0.05) is 5.38 Å². The van der Waals surface area contributed by atoms with Gasteiger partial charge in [0.15, 0.2) is 16.8 Å². The van der Waals surface area contributed by atoms with Gasteiger partial charge >= 0.3 is 5.97 Å². The van der Waals surface area contributed by atoms with Crippen molar-refractivity contribution in [3.8, 4) is 11.5 Å². The van der Waals surface area contributed by atoms with Crippen LogP contribution in [0, 0.1) is 0 Å². The van der Waals surface area contributed by atoms with Gasteiger partial charge in [0.1, 0.15) is 11.5 Å². The highest BCUT2D eigenvalue weighted by molar-refractivity contribution is 7.14. The predicted octanol–water partition coefficient (Wildman–Crippen LogP) is -0.732. The van der Waals surface area contributed by atoms with E-state index in [9.17, 15) is 4.79 Å². The average Bonchev–Trinajstić information content (AvgIpc) is 3.08. The van der Waals surface area contributed by atoms with E-state index in [-0.39, 0.29) is 35.2 Å². The van der Waals surface area contributed by atoms with Crippen LogP contribution in [0.1, 0.15) is 23.0 Å². The fourth-order valence-corrected chi connectivity index (χ4v) is 2.71. The molecule has 0 aliphatic heterocycles. The first-order valence-corrected chi connectivity index (χ1v) is 8.36. The lowest BCUT2D eigenvalue weighted by Crippen LogP contribution is -3.00. The molecule has 2 aromatic rings. The van der Waals surface area contributed by atoms with Gasteiger partial charge in [-0.1, -0.05) is 6.07 Å². The van der Waals surface area contributed by atoms with Crippen LogP contribution in [-0.2, 0) is 11.3 Å². The van der Waals surface area contributed by atoms with Crippen LogP contribution >= 0.6 is 11.3 Å². The minimum Gasteiger partial charge on any atom is -1.00 e. The number of esters is 1. The molecule has 142 valence electrons. The number of nitrogens with one attached hydrogen (secondary N) is 1. The van der Waals surface area contributed by atoms with E-state index in [1.807, 2.05) is 18.2 Å². The van der Waals surface area contributed by atoms with E-state index in [0.29, 0.717) is 23.2 Å². The molecule has 0 radical (unpaired) electrons. The first-order chi connectivity index (χ1) is 12.1.